The molecule has 0 saturated heterocycles. The van der Waals surface area contributed by atoms with Crippen LogP contribution < -0.4 is 0 Å². The number of carbonyl (C=O) groups is 1. The molecule has 0 amide bonds. The molecule has 0 aromatic heterocycles. The highest BCUT2D eigenvalue weighted by molar-refractivity contribution is 5.76. The quantitative estimate of drug-likeness (QED) is 0.736. The van der Waals surface area contributed by atoms with Gasteiger partial charge in [0.2, 0.25) is 0 Å². The van der Waals surface area contributed by atoms with Gasteiger partial charge in [0.15, 0.2) is 0 Å². The van der Waals surface area contributed by atoms with Gasteiger partial charge in [-0.05, 0) is 30.7 Å². The fourth-order valence-electron chi connectivity index (χ4n) is 2.21. The van der Waals surface area contributed by atoms with Crippen molar-refractivity contribution in [1.29, 1.82) is 5.26 Å². The summed E-state index contributed by atoms with van der Waals surface area (Å²) >= 11 is 0. The molecule has 102 valence electrons. The van der Waals surface area contributed by atoms with Crippen molar-refractivity contribution in [2.24, 2.45) is 11.3 Å². The molecule has 19 heavy (non-hydrogen) atoms. The first-order chi connectivity index (χ1) is 9.07. The predicted octanol–water partition coefficient (Wildman–Crippen LogP) is 3.35. The smallest absolute Gasteiger partial charge is 0.323 e. The summed E-state index contributed by atoms with van der Waals surface area (Å²) in [6, 6.07) is 12.1. The number of hydrogen-bond donors (Lipinski definition) is 0. The zero-order chi connectivity index (χ0) is 14.3. The average molecular weight is 259 g/mol. The summed E-state index contributed by atoms with van der Waals surface area (Å²) in [5.41, 5.74) is 0.735. The Balaban J connectivity index is 2.95. The molecule has 2 atom stereocenters. The largest absolute Gasteiger partial charge is 0.465 e. The van der Waals surface area contributed by atoms with Gasteiger partial charge < -0.3 is 4.74 Å². The molecule has 3 nitrogen and oxygen atoms in total. The van der Waals surface area contributed by atoms with Crippen LogP contribution in [0.3, 0.4) is 0 Å². The molecule has 0 spiro atoms. The van der Waals surface area contributed by atoms with Gasteiger partial charge in [-0.3, -0.25) is 4.79 Å². The number of ether oxygens (including phenoxy) is 1. The second kappa shape index (κ2) is 6.94. The molecule has 0 aliphatic heterocycles. The molecule has 0 fully saturated rings. The number of carbonyl (C=O) groups excluding carboxylic acids is 1. The van der Waals surface area contributed by atoms with E-state index in [1.54, 1.807) is 6.92 Å². The van der Waals surface area contributed by atoms with Crippen molar-refractivity contribution >= 4 is 5.97 Å². The first-order valence-corrected chi connectivity index (χ1v) is 6.67. The first kappa shape index (κ1) is 15.2. The molecular weight excluding hydrogens is 238 g/mol. The summed E-state index contributed by atoms with van der Waals surface area (Å²) in [5.74, 6) is -1.14. The normalized spacial score (nSPS) is 15.1. The predicted molar refractivity (Wildman–Crippen MR) is 74.3 cm³/mol. The molecule has 2 unspecified atom stereocenters. The molecule has 0 heterocycles. The summed E-state index contributed by atoms with van der Waals surface area (Å²) in [7, 11) is 0. The van der Waals surface area contributed by atoms with Gasteiger partial charge in [0.1, 0.15) is 5.92 Å². The lowest BCUT2D eigenvalue weighted by Crippen LogP contribution is -2.35. The number of nitriles is 1. The Morgan fingerprint density at radius 1 is 1.37 bits per heavy atom. The third-order valence-corrected chi connectivity index (χ3v) is 3.61. The van der Waals surface area contributed by atoms with Gasteiger partial charge in [-0.25, -0.2) is 0 Å². The molecule has 0 bridgehead atoms. The van der Waals surface area contributed by atoms with E-state index < -0.39 is 17.3 Å². The Labute approximate surface area is 115 Å². The van der Waals surface area contributed by atoms with Crippen LogP contribution in [0.2, 0.25) is 0 Å². The van der Waals surface area contributed by atoms with Crippen molar-refractivity contribution in [3.63, 3.8) is 0 Å². The number of rotatable bonds is 6. The number of esters is 1. The van der Waals surface area contributed by atoms with E-state index in [2.05, 4.69) is 6.07 Å². The number of hydrogen-bond acceptors (Lipinski definition) is 3. The van der Waals surface area contributed by atoms with Crippen LogP contribution in [0, 0.1) is 22.7 Å². The summed E-state index contributed by atoms with van der Waals surface area (Å²) in [5, 5.41) is 9.32. The van der Waals surface area contributed by atoms with Crippen molar-refractivity contribution in [2.45, 2.75) is 33.6 Å². The molecule has 0 aliphatic carbocycles. The average Bonchev–Trinajstić information content (AvgIpc) is 2.41. The zero-order valence-corrected chi connectivity index (χ0v) is 11.8. The third-order valence-electron chi connectivity index (χ3n) is 3.61. The van der Waals surface area contributed by atoms with E-state index in [9.17, 15) is 10.1 Å². The van der Waals surface area contributed by atoms with Crippen molar-refractivity contribution in [2.75, 3.05) is 6.61 Å². The zero-order valence-electron chi connectivity index (χ0n) is 11.8. The van der Waals surface area contributed by atoms with Crippen molar-refractivity contribution in [3.05, 3.63) is 35.9 Å². The van der Waals surface area contributed by atoms with E-state index in [-0.39, 0.29) is 0 Å². The van der Waals surface area contributed by atoms with Gasteiger partial charge in [0, 0.05) is 0 Å². The first-order valence-electron chi connectivity index (χ1n) is 6.67. The lowest BCUT2D eigenvalue weighted by Gasteiger charge is -2.31. The minimum Gasteiger partial charge on any atom is -0.465 e. The van der Waals surface area contributed by atoms with E-state index in [0.29, 0.717) is 13.0 Å². The van der Waals surface area contributed by atoms with Crippen LogP contribution in [0.15, 0.2) is 30.3 Å². The molecule has 0 radical (unpaired) electrons. The molecule has 1 rings (SSSR count). The van der Waals surface area contributed by atoms with Crippen LogP contribution >= 0.6 is 0 Å². The Kier molecular flexibility index (Phi) is 5.57. The highest BCUT2D eigenvalue weighted by Crippen LogP contribution is 2.35. The maximum atomic E-state index is 11.9. The van der Waals surface area contributed by atoms with E-state index in [4.69, 9.17) is 4.74 Å². The van der Waals surface area contributed by atoms with Crippen LogP contribution in [0.5, 0.6) is 0 Å². The van der Waals surface area contributed by atoms with Gasteiger partial charge in [-0.1, -0.05) is 44.2 Å². The van der Waals surface area contributed by atoms with Crippen LogP contribution in [0.25, 0.3) is 0 Å². The fourth-order valence-corrected chi connectivity index (χ4v) is 2.21. The highest BCUT2D eigenvalue weighted by atomic mass is 16.5. The maximum absolute atomic E-state index is 11.9. The third kappa shape index (κ3) is 3.82. The Morgan fingerprint density at radius 2 is 2.00 bits per heavy atom. The summed E-state index contributed by atoms with van der Waals surface area (Å²) in [6.07, 6.45) is 1.44. The van der Waals surface area contributed by atoms with Gasteiger partial charge in [0.05, 0.1) is 12.7 Å². The Morgan fingerprint density at radius 3 is 2.47 bits per heavy atom. The lowest BCUT2D eigenvalue weighted by molar-refractivity contribution is -0.149. The van der Waals surface area contributed by atoms with Crippen LogP contribution in [0.4, 0.5) is 0 Å². The minimum atomic E-state index is -0.724. The topological polar surface area (TPSA) is 50.1 Å². The van der Waals surface area contributed by atoms with E-state index in [0.717, 1.165) is 12.0 Å². The molecule has 1 aromatic rings. The van der Waals surface area contributed by atoms with Gasteiger partial charge in [-0.2, -0.15) is 5.26 Å². The van der Waals surface area contributed by atoms with Crippen LogP contribution in [-0.4, -0.2) is 12.6 Å². The van der Waals surface area contributed by atoms with E-state index in [1.807, 2.05) is 44.2 Å². The molecule has 0 aliphatic rings. The second-order valence-corrected chi connectivity index (χ2v) is 4.98. The molecular formula is C16H21NO2. The lowest BCUT2D eigenvalue weighted by atomic mass is 9.71. The Hall–Kier alpha value is -1.82. The fraction of sp³-hybridized carbons (Fsp3) is 0.500. The van der Waals surface area contributed by atoms with Crippen LogP contribution in [0.1, 0.15) is 32.8 Å². The van der Waals surface area contributed by atoms with Crippen molar-refractivity contribution < 1.29 is 9.53 Å². The number of benzene rings is 1. The van der Waals surface area contributed by atoms with Crippen molar-refractivity contribution in [3.8, 4) is 6.07 Å². The minimum absolute atomic E-state index is 0.308. The molecule has 0 saturated carbocycles. The summed E-state index contributed by atoms with van der Waals surface area (Å²) < 4.78 is 5.02. The van der Waals surface area contributed by atoms with Gasteiger partial charge in [-0.15, -0.1) is 0 Å². The Bertz CT molecular complexity index is 450. The molecule has 3 heteroatoms. The SMILES string of the molecule is CCOC(=O)C(C#N)C(C)(CC)Cc1ccccc1. The highest BCUT2D eigenvalue weighted by Gasteiger charge is 2.39. The molecule has 1 aromatic carbocycles. The van der Waals surface area contributed by atoms with Crippen molar-refractivity contribution in [1.82, 2.24) is 0 Å². The van der Waals surface area contributed by atoms with E-state index >= 15 is 0 Å². The monoisotopic (exact) mass is 259 g/mol. The summed E-state index contributed by atoms with van der Waals surface area (Å²) in [6.45, 7) is 6.05. The standard InChI is InChI=1S/C16H21NO2/c1-4-16(3,11-13-9-7-6-8-10-13)14(12-17)15(18)19-5-2/h6-10,14H,4-5,11H2,1-3H3. The summed E-state index contributed by atoms with van der Waals surface area (Å²) in [4.78, 5) is 11.9. The maximum Gasteiger partial charge on any atom is 0.323 e. The van der Waals surface area contributed by atoms with Crippen LogP contribution in [-0.2, 0) is 16.0 Å². The molecule has 0 N–H and O–H groups in total. The second-order valence-electron chi connectivity index (χ2n) is 4.98. The van der Waals surface area contributed by atoms with Gasteiger partial charge in [0.25, 0.3) is 0 Å². The number of nitrogens with zero attached hydrogens (tertiary/aromatic N) is 1. The van der Waals surface area contributed by atoms with E-state index in [1.165, 1.54) is 0 Å². The van der Waals surface area contributed by atoms with Gasteiger partial charge >= 0.3 is 5.97 Å².